The molecule has 0 aromatic heterocycles. The van der Waals surface area contributed by atoms with E-state index >= 15 is 0 Å². The molecule has 0 radical (unpaired) electrons. The molecule has 0 heterocycles. The van der Waals surface area contributed by atoms with E-state index in [1.807, 2.05) is 30.3 Å². The standard InChI is InChI=1S/C24H22FNO6S/c25-21-9-5-4-8-20(21)23(27)26-18-10-12-19(13-11-18)33(30,31)22(24(28)29)14-15-32-16-17-6-2-1-3-7-17/h1-13,22H,14-16H2,(H,26,27)(H,28,29). The van der Waals surface area contributed by atoms with E-state index in [9.17, 15) is 27.5 Å². The second-order valence-corrected chi connectivity index (χ2v) is 9.29. The van der Waals surface area contributed by atoms with Crippen molar-refractivity contribution in [1.29, 1.82) is 0 Å². The molecule has 0 saturated heterocycles. The highest BCUT2D eigenvalue weighted by Gasteiger charge is 2.33. The highest BCUT2D eigenvalue weighted by atomic mass is 32.2. The lowest BCUT2D eigenvalue weighted by Gasteiger charge is -2.14. The first kappa shape index (κ1) is 24.1. The van der Waals surface area contributed by atoms with Gasteiger partial charge < -0.3 is 15.2 Å². The molecule has 33 heavy (non-hydrogen) atoms. The molecule has 1 unspecified atom stereocenters. The van der Waals surface area contributed by atoms with Crippen LogP contribution in [0.2, 0.25) is 0 Å². The molecule has 9 heteroatoms. The SMILES string of the molecule is O=C(Nc1ccc(S(=O)(=O)C(CCOCc2ccccc2)C(=O)O)cc1)c1ccccc1F. The number of rotatable bonds is 10. The summed E-state index contributed by atoms with van der Waals surface area (Å²) in [5.74, 6) is -2.86. The summed E-state index contributed by atoms with van der Waals surface area (Å²) in [4.78, 5) is 23.7. The van der Waals surface area contributed by atoms with Crippen LogP contribution in [0.15, 0.2) is 83.8 Å². The second kappa shape index (κ2) is 10.8. The highest BCUT2D eigenvalue weighted by molar-refractivity contribution is 7.92. The minimum absolute atomic E-state index is 0.0537. The Morgan fingerprint density at radius 3 is 2.21 bits per heavy atom. The summed E-state index contributed by atoms with van der Waals surface area (Å²) < 4.78 is 44.9. The van der Waals surface area contributed by atoms with Crippen molar-refractivity contribution in [2.75, 3.05) is 11.9 Å². The van der Waals surface area contributed by atoms with Gasteiger partial charge in [-0.3, -0.25) is 9.59 Å². The Bertz CT molecular complexity index is 1210. The van der Waals surface area contributed by atoms with Crippen molar-refractivity contribution in [3.8, 4) is 0 Å². The van der Waals surface area contributed by atoms with E-state index in [4.69, 9.17) is 4.74 Å². The molecule has 1 amide bonds. The van der Waals surface area contributed by atoms with Gasteiger partial charge in [-0.15, -0.1) is 0 Å². The molecule has 0 aliphatic heterocycles. The second-order valence-electron chi connectivity index (χ2n) is 7.16. The Hall–Kier alpha value is -3.56. The van der Waals surface area contributed by atoms with Gasteiger partial charge in [0.15, 0.2) is 15.1 Å². The summed E-state index contributed by atoms with van der Waals surface area (Å²) >= 11 is 0. The summed E-state index contributed by atoms with van der Waals surface area (Å²) in [6.07, 6.45) is -0.226. The fourth-order valence-corrected chi connectivity index (χ4v) is 4.62. The zero-order chi connectivity index (χ0) is 23.8. The molecule has 172 valence electrons. The lowest BCUT2D eigenvalue weighted by atomic mass is 10.2. The van der Waals surface area contributed by atoms with Crippen LogP contribution in [0.25, 0.3) is 0 Å². The van der Waals surface area contributed by atoms with Crippen molar-refractivity contribution in [3.05, 3.63) is 95.8 Å². The minimum Gasteiger partial charge on any atom is -0.480 e. The summed E-state index contributed by atoms with van der Waals surface area (Å²) in [5, 5.41) is 10.3. The molecular weight excluding hydrogens is 449 g/mol. The zero-order valence-electron chi connectivity index (χ0n) is 17.5. The quantitative estimate of drug-likeness (QED) is 0.434. The van der Waals surface area contributed by atoms with Gasteiger partial charge in [-0.2, -0.15) is 0 Å². The minimum atomic E-state index is -4.20. The number of benzene rings is 3. The lowest BCUT2D eigenvalue weighted by molar-refractivity contribution is -0.136. The molecule has 3 rings (SSSR count). The maximum atomic E-state index is 13.7. The topological polar surface area (TPSA) is 110 Å². The average Bonchev–Trinajstić information content (AvgIpc) is 2.80. The van der Waals surface area contributed by atoms with Gasteiger partial charge in [-0.1, -0.05) is 42.5 Å². The number of carboxylic acids is 1. The number of amides is 1. The molecule has 0 aliphatic rings. The third-order valence-electron chi connectivity index (χ3n) is 4.85. The molecule has 0 fully saturated rings. The van der Waals surface area contributed by atoms with Gasteiger partial charge in [0.2, 0.25) is 0 Å². The number of carbonyl (C=O) groups excluding carboxylic acids is 1. The molecule has 7 nitrogen and oxygen atoms in total. The number of sulfone groups is 1. The van der Waals surface area contributed by atoms with Gasteiger partial charge >= 0.3 is 5.97 Å². The summed E-state index contributed by atoms with van der Waals surface area (Å²) in [7, 11) is -4.20. The Kier molecular flexibility index (Phi) is 7.92. The summed E-state index contributed by atoms with van der Waals surface area (Å²) in [5.41, 5.74) is 0.969. The van der Waals surface area contributed by atoms with E-state index in [0.717, 1.165) is 11.6 Å². The number of ether oxygens (including phenoxy) is 1. The fourth-order valence-electron chi connectivity index (χ4n) is 3.10. The largest absolute Gasteiger partial charge is 0.480 e. The molecule has 3 aromatic carbocycles. The molecular formula is C24H22FNO6S. The van der Waals surface area contributed by atoms with E-state index in [0.29, 0.717) is 0 Å². The Morgan fingerprint density at radius 2 is 1.58 bits per heavy atom. The van der Waals surface area contributed by atoms with Crippen molar-refractivity contribution in [3.63, 3.8) is 0 Å². The third kappa shape index (κ3) is 6.24. The number of aliphatic carboxylic acids is 1. The zero-order valence-corrected chi connectivity index (χ0v) is 18.3. The number of hydrogen-bond acceptors (Lipinski definition) is 5. The van der Waals surface area contributed by atoms with Crippen LogP contribution in [-0.4, -0.2) is 37.3 Å². The van der Waals surface area contributed by atoms with E-state index in [2.05, 4.69) is 5.32 Å². The normalized spacial score (nSPS) is 12.2. The van der Waals surface area contributed by atoms with Gasteiger partial charge in [0.25, 0.3) is 5.91 Å². The Balaban J connectivity index is 1.64. The van der Waals surface area contributed by atoms with Gasteiger partial charge in [-0.25, -0.2) is 12.8 Å². The van der Waals surface area contributed by atoms with Crippen molar-refractivity contribution < 1.29 is 32.2 Å². The number of nitrogens with one attached hydrogen (secondary N) is 1. The maximum absolute atomic E-state index is 13.7. The summed E-state index contributed by atoms with van der Waals surface area (Å²) in [6, 6.07) is 19.7. The van der Waals surface area contributed by atoms with Crippen LogP contribution in [0.3, 0.4) is 0 Å². The fraction of sp³-hybridized carbons (Fsp3) is 0.167. The van der Waals surface area contributed by atoms with Crippen LogP contribution in [-0.2, 0) is 26.0 Å². The number of anilines is 1. The Morgan fingerprint density at radius 1 is 0.939 bits per heavy atom. The van der Waals surface area contributed by atoms with Gasteiger partial charge in [0.05, 0.1) is 17.1 Å². The number of halogens is 1. The molecule has 0 aliphatic carbocycles. The van der Waals surface area contributed by atoms with Crippen LogP contribution in [0, 0.1) is 5.82 Å². The molecule has 2 N–H and O–H groups in total. The van der Waals surface area contributed by atoms with E-state index in [1.54, 1.807) is 0 Å². The average molecular weight is 472 g/mol. The predicted molar refractivity (Wildman–Crippen MR) is 120 cm³/mol. The Labute approximate surface area is 190 Å². The van der Waals surface area contributed by atoms with Gasteiger partial charge in [0, 0.05) is 12.3 Å². The number of hydrogen-bond donors (Lipinski definition) is 2. The van der Waals surface area contributed by atoms with Crippen molar-refractivity contribution >= 4 is 27.4 Å². The van der Waals surface area contributed by atoms with Crippen LogP contribution < -0.4 is 5.32 Å². The van der Waals surface area contributed by atoms with E-state index < -0.39 is 32.8 Å². The van der Waals surface area contributed by atoms with Gasteiger partial charge in [-0.05, 0) is 48.4 Å². The van der Waals surface area contributed by atoms with Crippen LogP contribution in [0.1, 0.15) is 22.3 Å². The smallest absolute Gasteiger partial charge is 0.322 e. The molecule has 3 aromatic rings. The predicted octanol–water partition coefficient (Wildman–Crippen LogP) is 3.91. The first-order valence-electron chi connectivity index (χ1n) is 10.0. The highest BCUT2D eigenvalue weighted by Crippen LogP contribution is 2.22. The van der Waals surface area contributed by atoms with Crippen molar-refractivity contribution in [2.45, 2.75) is 23.2 Å². The van der Waals surface area contributed by atoms with Crippen LogP contribution >= 0.6 is 0 Å². The summed E-state index contributed by atoms with van der Waals surface area (Å²) in [6.45, 7) is 0.186. The van der Waals surface area contributed by atoms with Crippen LogP contribution in [0.4, 0.5) is 10.1 Å². The van der Waals surface area contributed by atoms with E-state index in [-0.39, 0.29) is 35.8 Å². The number of carbonyl (C=O) groups is 2. The van der Waals surface area contributed by atoms with Gasteiger partial charge in [0.1, 0.15) is 5.82 Å². The molecule has 0 bridgehead atoms. The number of carboxylic acid groups (broad SMARTS) is 1. The lowest BCUT2D eigenvalue weighted by Crippen LogP contribution is -2.31. The molecule has 0 spiro atoms. The third-order valence-corrected chi connectivity index (χ3v) is 6.96. The first-order valence-corrected chi connectivity index (χ1v) is 11.6. The first-order chi connectivity index (χ1) is 15.8. The molecule has 1 atom stereocenters. The monoisotopic (exact) mass is 471 g/mol. The molecule has 0 saturated carbocycles. The van der Waals surface area contributed by atoms with Crippen molar-refractivity contribution in [1.82, 2.24) is 0 Å². The van der Waals surface area contributed by atoms with E-state index in [1.165, 1.54) is 42.5 Å². The van der Waals surface area contributed by atoms with Crippen molar-refractivity contribution in [2.24, 2.45) is 0 Å². The maximum Gasteiger partial charge on any atom is 0.322 e. The van der Waals surface area contributed by atoms with Crippen LogP contribution in [0.5, 0.6) is 0 Å².